The van der Waals surface area contributed by atoms with Crippen LogP contribution in [0.4, 0.5) is 5.69 Å². The van der Waals surface area contributed by atoms with Crippen LogP contribution in [0.3, 0.4) is 0 Å². The van der Waals surface area contributed by atoms with Crippen LogP contribution in [0.15, 0.2) is 18.2 Å². The van der Waals surface area contributed by atoms with Gasteiger partial charge in [-0.1, -0.05) is 30.5 Å². The summed E-state index contributed by atoms with van der Waals surface area (Å²) in [6.07, 6.45) is 3.90. The minimum Gasteiger partial charge on any atom is -0.329 e. The quantitative estimate of drug-likeness (QED) is 0.883. The van der Waals surface area contributed by atoms with E-state index < -0.39 is 5.41 Å². The number of rotatable bonds is 3. The lowest BCUT2D eigenvalue weighted by atomic mass is 9.85. The molecule has 0 radical (unpaired) electrons. The molecular formula is C14H19ClN2O. The van der Waals surface area contributed by atoms with Crippen LogP contribution in [0.1, 0.15) is 31.2 Å². The topological polar surface area (TPSA) is 55.1 Å². The number of amides is 1. The maximum absolute atomic E-state index is 12.4. The van der Waals surface area contributed by atoms with E-state index in [1.165, 1.54) is 0 Å². The Morgan fingerprint density at radius 1 is 1.44 bits per heavy atom. The minimum atomic E-state index is -0.395. The molecule has 0 aromatic heterocycles. The number of carbonyl (C=O) groups excluding carboxylic acids is 1. The summed E-state index contributed by atoms with van der Waals surface area (Å²) in [7, 11) is 0. The van der Waals surface area contributed by atoms with E-state index in [-0.39, 0.29) is 5.91 Å². The van der Waals surface area contributed by atoms with Crippen molar-refractivity contribution >= 4 is 23.2 Å². The second kappa shape index (κ2) is 5.29. The third-order valence-corrected chi connectivity index (χ3v) is 4.12. The van der Waals surface area contributed by atoms with E-state index in [0.29, 0.717) is 17.3 Å². The van der Waals surface area contributed by atoms with E-state index in [4.69, 9.17) is 17.3 Å². The fourth-order valence-corrected chi connectivity index (χ4v) is 2.83. The molecule has 1 saturated carbocycles. The highest BCUT2D eigenvalue weighted by atomic mass is 35.5. The number of halogens is 1. The monoisotopic (exact) mass is 266 g/mol. The molecule has 1 amide bonds. The Hall–Kier alpha value is -1.06. The second-order valence-electron chi connectivity index (χ2n) is 5.13. The normalized spacial score (nSPS) is 17.7. The molecule has 0 atom stereocenters. The number of hydrogen-bond donors (Lipinski definition) is 2. The van der Waals surface area contributed by atoms with Gasteiger partial charge >= 0.3 is 0 Å². The van der Waals surface area contributed by atoms with Crippen molar-refractivity contribution in [2.75, 3.05) is 11.9 Å². The van der Waals surface area contributed by atoms with E-state index in [9.17, 15) is 4.79 Å². The van der Waals surface area contributed by atoms with Gasteiger partial charge in [-0.05, 0) is 37.5 Å². The Labute approximate surface area is 113 Å². The van der Waals surface area contributed by atoms with E-state index in [1.807, 2.05) is 25.1 Å². The average molecular weight is 267 g/mol. The molecule has 1 fully saturated rings. The van der Waals surface area contributed by atoms with Crippen LogP contribution in [0.25, 0.3) is 0 Å². The first-order valence-electron chi connectivity index (χ1n) is 6.35. The standard InChI is InChI=1S/C14H19ClN2O/c1-10-4-5-12(11(15)8-10)17-13(18)14(9-16)6-2-3-7-14/h4-5,8H,2-3,6-7,9,16H2,1H3,(H,17,18). The van der Waals surface area contributed by atoms with Gasteiger partial charge in [0.1, 0.15) is 0 Å². The van der Waals surface area contributed by atoms with Crippen molar-refractivity contribution in [2.45, 2.75) is 32.6 Å². The van der Waals surface area contributed by atoms with Crippen molar-refractivity contribution in [2.24, 2.45) is 11.1 Å². The Balaban J connectivity index is 2.15. The highest BCUT2D eigenvalue weighted by Gasteiger charge is 2.39. The highest BCUT2D eigenvalue weighted by Crippen LogP contribution is 2.38. The molecule has 0 bridgehead atoms. The second-order valence-corrected chi connectivity index (χ2v) is 5.54. The summed E-state index contributed by atoms with van der Waals surface area (Å²) >= 11 is 6.12. The van der Waals surface area contributed by atoms with Crippen LogP contribution in [0, 0.1) is 12.3 Å². The van der Waals surface area contributed by atoms with Crippen molar-refractivity contribution in [3.63, 3.8) is 0 Å². The Bertz CT molecular complexity index is 453. The first kappa shape index (κ1) is 13.4. The molecule has 1 aromatic carbocycles. The Morgan fingerprint density at radius 2 is 2.11 bits per heavy atom. The van der Waals surface area contributed by atoms with E-state index in [0.717, 1.165) is 31.2 Å². The lowest BCUT2D eigenvalue weighted by molar-refractivity contribution is -0.124. The molecule has 98 valence electrons. The van der Waals surface area contributed by atoms with Crippen LogP contribution in [0.2, 0.25) is 5.02 Å². The highest BCUT2D eigenvalue weighted by molar-refractivity contribution is 6.33. The van der Waals surface area contributed by atoms with E-state index in [2.05, 4.69) is 5.32 Å². The molecule has 0 aliphatic heterocycles. The predicted octanol–water partition coefficient (Wildman–Crippen LogP) is 3.11. The number of nitrogens with one attached hydrogen (secondary N) is 1. The summed E-state index contributed by atoms with van der Waals surface area (Å²) in [6.45, 7) is 2.37. The van der Waals surface area contributed by atoms with Gasteiger partial charge in [0, 0.05) is 6.54 Å². The zero-order chi connectivity index (χ0) is 13.2. The molecular weight excluding hydrogens is 248 g/mol. The Morgan fingerprint density at radius 3 is 2.67 bits per heavy atom. The number of nitrogens with two attached hydrogens (primary N) is 1. The molecule has 3 nitrogen and oxygen atoms in total. The van der Waals surface area contributed by atoms with Gasteiger partial charge in [-0.2, -0.15) is 0 Å². The van der Waals surface area contributed by atoms with Gasteiger partial charge in [-0.3, -0.25) is 4.79 Å². The Kier molecular flexibility index (Phi) is 3.93. The SMILES string of the molecule is Cc1ccc(NC(=O)C2(CN)CCCC2)c(Cl)c1. The summed E-state index contributed by atoms with van der Waals surface area (Å²) in [5.41, 5.74) is 7.15. The molecule has 2 rings (SSSR count). The van der Waals surface area contributed by atoms with Gasteiger partial charge in [-0.15, -0.1) is 0 Å². The van der Waals surface area contributed by atoms with Gasteiger partial charge in [0.2, 0.25) is 5.91 Å². The lowest BCUT2D eigenvalue weighted by Crippen LogP contribution is -2.40. The van der Waals surface area contributed by atoms with E-state index >= 15 is 0 Å². The van der Waals surface area contributed by atoms with Crippen molar-refractivity contribution in [3.05, 3.63) is 28.8 Å². The van der Waals surface area contributed by atoms with Gasteiger partial charge in [0.05, 0.1) is 16.1 Å². The fraction of sp³-hybridized carbons (Fsp3) is 0.500. The summed E-state index contributed by atoms with van der Waals surface area (Å²) in [6, 6.07) is 5.63. The van der Waals surface area contributed by atoms with Crippen molar-refractivity contribution < 1.29 is 4.79 Å². The van der Waals surface area contributed by atoms with E-state index in [1.54, 1.807) is 0 Å². The molecule has 0 unspecified atom stereocenters. The van der Waals surface area contributed by atoms with Crippen LogP contribution in [0.5, 0.6) is 0 Å². The molecule has 0 saturated heterocycles. The molecule has 0 heterocycles. The first-order chi connectivity index (χ1) is 8.57. The molecule has 1 aliphatic carbocycles. The zero-order valence-corrected chi connectivity index (χ0v) is 11.4. The maximum atomic E-state index is 12.4. The lowest BCUT2D eigenvalue weighted by Gasteiger charge is -2.26. The largest absolute Gasteiger partial charge is 0.329 e. The maximum Gasteiger partial charge on any atom is 0.231 e. The third kappa shape index (κ3) is 2.52. The van der Waals surface area contributed by atoms with Gasteiger partial charge in [0.25, 0.3) is 0 Å². The molecule has 0 spiro atoms. The summed E-state index contributed by atoms with van der Waals surface area (Å²) in [5, 5.41) is 3.50. The predicted molar refractivity (Wildman–Crippen MR) is 74.8 cm³/mol. The summed E-state index contributed by atoms with van der Waals surface area (Å²) in [4.78, 5) is 12.4. The number of anilines is 1. The number of benzene rings is 1. The van der Waals surface area contributed by atoms with Crippen LogP contribution >= 0.6 is 11.6 Å². The zero-order valence-electron chi connectivity index (χ0n) is 10.6. The molecule has 3 N–H and O–H groups in total. The molecule has 1 aliphatic rings. The number of aryl methyl sites for hydroxylation is 1. The van der Waals surface area contributed by atoms with Gasteiger partial charge < -0.3 is 11.1 Å². The smallest absolute Gasteiger partial charge is 0.231 e. The van der Waals surface area contributed by atoms with Crippen LogP contribution in [-0.2, 0) is 4.79 Å². The van der Waals surface area contributed by atoms with Crippen LogP contribution in [-0.4, -0.2) is 12.5 Å². The van der Waals surface area contributed by atoms with Crippen molar-refractivity contribution in [1.29, 1.82) is 0 Å². The van der Waals surface area contributed by atoms with Crippen molar-refractivity contribution in [1.82, 2.24) is 0 Å². The molecule has 4 heteroatoms. The number of carbonyl (C=O) groups is 1. The molecule has 18 heavy (non-hydrogen) atoms. The summed E-state index contributed by atoms with van der Waals surface area (Å²) < 4.78 is 0. The number of hydrogen-bond acceptors (Lipinski definition) is 2. The third-order valence-electron chi connectivity index (χ3n) is 3.81. The molecule has 1 aromatic rings. The van der Waals surface area contributed by atoms with Gasteiger partial charge in [0.15, 0.2) is 0 Å². The average Bonchev–Trinajstić information content (AvgIpc) is 2.82. The summed E-state index contributed by atoms with van der Waals surface area (Å²) in [5.74, 6) is 0.00764. The van der Waals surface area contributed by atoms with Crippen LogP contribution < -0.4 is 11.1 Å². The first-order valence-corrected chi connectivity index (χ1v) is 6.73. The van der Waals surface area contributed by atoms with Crippen molar-refractivity contribution in [3.8, 4) is 0 Å². The fourth-order valence-electron chi connectivity index (χ4n) is 2.55. The minimum absolute atomic E-state index is 0.00764. The van der Waals surface area contributed by atoms with Gasteiger partial charge in [-0.25, -0.2) is 0 Å².